The van der Waals surface area contributed by atoms with Crippen LogP contribution in [0.4, 0.5) is 0 Å². The van der Waals surface area contributed by atoms with Crippen molar-refractivity contribution in [1.82, 2.24) is 15.1 Å². The summed E-state index contributed by atoms with van der Waals surface area (Å²) in [6.07, 6.45) is 2.23. The largest absolute Gasteiger partial charge is 0.381 e. The van der Waals surface area contributed by atoms with Crippen LogP contribution in [-0.2, 0) is 28.4 Å². The number of carbonyl (C=O) groups is 1. The first-order chi connectivity index (χ1) is 13.2. The maximum absolute atomic E-state index is 13.5. The highest BCUT2D eigenvalue weighted by Crippen LogP contribution is 2.36. The van der Waals surface area contributed by atoms with Crippen LogP contribution in [0.3, 0.4) is 0 Å². The second-order valence-electron chi connectivity index (χ2n) is 8.42. The summed E-state index contributed by atoms with van der Waals surface area (Å²) in [6.45, 7) is 11.6. The topological polar surface area (TPSA) is 56.2 Å². The number of nitrogens with one attached hydrogen (secondary N) is 1. The van der Waals surface area contributed by atoms with E-state index in [0.29, 0.717) is 13.2 Å². The molecule has 2 aromatic rings. The molecule has 152 valence electrons. The van der Waals surface area contributed by atoms with E-state index < -0.39 is 5.41 Å². The van der Waals surface area contributed by atoms with Gasteiger partial charge in [-0.25, -0.2) is 0 Å². The van der Waals surface area contributed by atoms with E-state index in [4.69, 9.17) is 4.74 Å². The monoisotopic (exact) mass is 383 g/mol. The van der Waals surface area contributed by atoms with Crippen LogP contribution >= 0.6 is 0 Å². The van der Waals surface area contributed by atoms with Gasteiger partial charge in [-0.15, -0.1) is 0 Å². The third-order valence-electron chi connectivity index (χ3n) is 6.10. The Bertz CT molecular complexity index is 843. The molecule has 28 heavy (non-hydrogen) atoms. The number of carbonyl (C=O) groups excluding carboxylic acids is 1. The molecule has 1 N–H and O–H groups in total. The number of nitrogens with zero attached hydrogens (tertiary/aromatic N) is 2. The predicted molar refractivity (Wildman–Crippen MR) is 112 cm³/mol. The molecule has 1 aromatic carbocycles. The summed E-state index contributed by atoms with van der Waals surface area (Å²) in [6, 6.07) is 6.53. The van der Waals surface area contributed by atoms with Gasteiger partial charge in [0.2, 0.25) is 5.91 Å². The molecule has 3 rings (SSSR count). The molecule has 1 amide bonds. The molecule has 0 aliphatic carbocycles. The van der Waals surface area contributed by atoms with E-state index >= 15 is 0 Å². The van der Waals surface area contributed by atoms with Crippen molar-refractivity contribution in [2.45, 2.75) is 65.3 Å². The number of aryl methyl sites for hydroxylation is 4. The molecule has 0 spiro atoms. The van der Waals surface area contributed by atoms with Crippen LogP contribution in [0.25, 0.3) is 0 Å². The first-order valence-corrected chi connectivity index (χ1v) is 10.2. The molecule has 0 saturated carbocycles. The number of benzene rings is 1. The highest BCUT2D eigenvalue weighted by atomic mass is 16.5. The van der Waals surface area contributed by atoms with Crippen LogP contribution in [-0.4, -0.2) is 34.9 Å². The molecule has 1 atom stereocenters. The lowest BCUT2D eigenvalue weighted by Gasteiger charge is -2.37. The Labute approximate surface area is 168 Å². The van der Waals surface area contributed by atoms with Crippen molar-refractivity contribution in [2.75, 3.05) is 13.2 Å². The second kappa shape index (κ2) is 8.08. The SMILES string of the molecule is Cc1cc(C)cc(C2(C(=O)NC(C)Cc3c(C)nn(C)c3C)CCOCC2)c1. The minimum absolute atomic E-state index is 0.0414. The Morgan fingerprint density at radius 2 is 1.79 bits per heavy atom. The van der Waals surface area contributed by atoms with Gasteiger partial charge in [-0.2, -0.15) is 5.10 Å². The Morgan fingerprint density at radius 3 is 2.32 bits per heavy atom. The molecule has 5 heteroatoms. The minimum atomic E-state index is -0.512. The minimum Gasteiger partial charge on any atom is -0.381 e. The Hall–Kier alpha value is -2.14. The molecule has 0 bridgehead atoms. The Morgan fingerprint density at radius 1 is 1.18 bits per heavy atom. The second-order valence-corrected chi connectivity index (χ2v) is 8.42. The van der Waals surface area contributed by atoms with E-state index in [2.05, 4.69) is 56.3 Å². The highest BCUT2D eigenvalue weighted by Gasteiger charge is 2.42. The van der Waals surface area contributed by atoms with Crippen LogP contribution in [0.15, 0.2) is 18.2 Å². The van der Waals surface area contributed by atoms with Crippen molar-refractivity contribution in [3.05, 3.63) is 51.8 Å². The lowest BCUT2D eigenvalue weighted by molar-refractivity contribution is -0.131. The first kappa shape index (κ1) is 20.6. The van der Waals surface area contributed by atoms with Crippen LogP contribution in [0.2, 0.25) is 0 Å². The van der Waals surface area contributed by atoms with Crippen LogP contribution < -0.4 is 5.32 Å². The molecule has 0 radical (unpaired) electrons. The van der Waals surface area contributed by atoms with E-state index in [0.717, 1.165) is 36.2 Å². The number of amides is 1. The van der Waals surface area contributed by atoms with Crippen molar-refractivity contribution in [3.63, 3.8) is 0 Å². The zero-order valence-electron chi connectivity index (χ0n) is 18.1. The van der Waals surface area contributed by atoms with Crippen molar-refractivity contribution in [2.24, 2.45) is 7.05 Å². The molecule has 1 fully saturated rings. The van der Waals surface area contributed by atoms with E-state index in [1.165, 1.54) is 16.7 Å². The summed E-state index contributed by atoms with van der Waals surface area (Å²) >= 11 is 0. The summed E-state index contributed by atoms with van der Waals surface area (Å²) in [5.74, 6) is 0.118. The highest BCUT2D eigenvalue weighted by molar-refractivity contribution is 5.88. The number of ether oxygens (including phenoxy) is 1. The molecule has 1 saturated heterocycles. The summed E-state index contributed by atoms with van der Waals surface area (Å²) in [5.41, 5.74) is 6.42. The molecule has 1 aliphatic heterocycles. The van der Waals surface area contributed by atoms with E-state index in [1.54, 1.807) is 0 Å². The van der Waals surface area contributed by atoms with Crippen molar-refractivity contribution in [3.8, 4) is 0 Å². The van der Waals surface area contributed by atoms with Gasteiger partial charge >= 0.3 is 0 Å². The van der Waals surface area contributed by atoms with Gasteiger partial charge in [-0.3, -0.25) is 9.48 Å². The van der Waals surface area contributed by atoms with E-state index in [9.17, 15) is 4.79 Å². The molecule has 5 nitrogen and oxygen atoms in total. The Kier molecular flexibility index (Phi) is 5.94. The fraction of sp³-hybridized carbons (Fsp3) is 0.565. The molecular formula is C23H33N3O2. The number of rotatable bonds is 5. The molecule has 2 heterocycles. The summed E-state index contributed by atoms with van der Waals surface area (Å²) in [7, 11) is 1.96. The lowest BCUT2D eigenvalue weighted by atomic mass is 9.72. The molecule has 1 aromatic heterocycles. The molecule has 1 aliphatic rings. The van der Waals surface area contributed by atoms with Gasteiger partial charge in [0, 0.05) is 32.0 Å². The van der Waals surface area contributed by atoms with Gasteiger partial charge in [0.05, 0.1) is 11.1 Å². The summed E-state index contributed by atoms with van der Waals surface area (Å²) in [4.78, 5) is 13.5. The number of aromatic nitrogens is 2. The van der Waals surface area contributed by atoms with Gasteiger partial charge < -0.3 is 10.1 Å². The third-order valence-corrected chi connectivity index (χ3v) is 6.10. The summed E-state index contributed by atoms with van der Waals surface area (Å²) in [5, 5.41) is 7.81. The predicted octanol–water partition coefficient (Wildman–Crippen LogP) is 3.45. The average Bonchev–Trinajstić information content (AvgIpc) is 2.87. The van der Waals surface area contributed by atoms with Gasteiger partial charge in [-0.05, 0) is 65.0 Å². The third kappa shape index (κ3) is 4.00. The van der Waals surface area contributed by atoms with Gasteiger partial charge in [-0.1, -0.05) is 29.3 Å². The quantitative estimate of drug-likeness (QED) is 0.860. The van der Waals surface area contributed by atoms with E-state index in [-0.39, 0.29) is 11.9 Å². The number of hydrogen-bond acceptors (Lipinski definition) is 3. The lowest BCUT2D eigenvalue weighted by Crippen LogP contribution is -2.51. The van der Waals surface area contributed by atoms with Crippen LogP contribution in [0.1, 0.15) is 53.4 Å². The average molecular weight is 384 g/mol. The maximum Gasteiger partial charge on any atom is 0.231 e. The first-order valence-electron chi connectivity index (χ1n) is 10.2. The van der Waals surface area contributed by atoms with Crippen LogP contribution in [0.5, 0.6) is 0 Å². The maximum atomic E-state index is 13.5. The standard InChI is InChI=1S/C23H33N3O2/c1-15-11-16(2)13-20(12-15)23(7-9-28-10-8-23)22(27)24-17(3)14-21-18(4)25-26(6)19(21)5/h11-13,17H,7-10,14H2,1-6H3,(H,24,27). The zero-order chi connectivity index (χ0) is 20.5. The number of hydrogen-bond donors (Lipinski definition) is 1. The van der Waals surface area contributed by atoms with Crippen molar-refractivity contribution in [1.29, 1.82) is 0 Å². The molecular weight excluding hydrogens is 350 g/mol. The van der Waals surface area contributed by atoms with Crippen molar-refractivity contribution >= 4 is 5.91 Å². The van der Waals surface area contributed by atoms with Crippen molar-refractivity contribution < 1.29 is 9.53 Å². The van der Waals surface area contributed by atoms with Gasteiger partial charge in [0.25, 0.3) is 0 Å². The fourth-order valence-corrected chi connectivity index (χ4v) is 4.45. The van der Waals surface area contributed by atoms with Crippen LogP contribution in [0, 0.1) is 27.7 Å². The smallest absolute Gasteiger partial charge is 0.231 e. The van der Waals surface area contributed by atoms with E-state index in [1.807, 2.05) is 18.7 Å². The summed E-state index contributed by atoms with van der Waals surface area (Å²) < 4.78 is 7.51. The fourth-order valence-electron chi connectivity index (χ4n) is 4.45. The molecule has 1 unspecified atom stereocenters. The Balaban J connectivity index is 1.84. The van der Waals surface area contributed by atoms with Gasteiger partial charge in [0.15, 0.2) is 0 Å². The zero-order valence-corrected chi connectivity index (χ0v) is 18.1. The van der Waals surface area contributed by atoms with Gasteiger partial charge in [0.1, 0.15) is 0 Å². The normalized spacial score (nSPS) is 17.4.